The number of allylic oxidation sites excluding steroid dienone is 1. The highest BCUT2D eigenvalue weighted by Gasteiger charge is 2.37. The summed E-state index contributed by atoms with van der Waals surface area (Å²) in [6.45, 7) is 1.94. The van der Waals surface area contributed by atoms with Crippen molar-refractivity contribution in [1.29, 1.82) is 0 Å². The first-order chi connectivity index (χ1) is 9.39. The molecule has 112 valence electrons. The lowest BCUT2D eigenvalue weighted by Crippen LogP contribution is -2.42. The minimum absolute atomic E-state index is 0.0379. The van der Waals surface area contributed by atoms with E-state index in [0.717, 1.165) is 25.5 Å². The van der Waals surface area contributed by atoms with E-state index in [-0.39, 0.29) is 5.91 Å². The minimum Gasteiger partial charge on any atom is -0.365 e. The van der Waals surface area contributed by atoms with E-state index >= 15 is 0 Å². The fraction of sp³-hybridized carbons (Fsp3) is 0.692. The largest absolute Gasteiger partial charge is 0.454 e. The summed E-state index contributed by atoms with van der Waals surface area (Å²) in [5.74, 6) is -1.93. The van der Waals surface area contributed by atoms with Gasteiger partial charge in [-0.05, 0) is 25.7 Å². The van der Waals surface area contributed by atoms with Crippen LogP contribution in [0.25, 0.3) is 0 Å². The van der Waals surface area contributed by atoms with E-state index in [1.165, 1.54) is 0 Å². The molecular formula is C13H17F3N2O2. The molecule has 0 aromatic heterocycles. The third-order valence-electron chi connectivity index (χ3n) is 3.69. The number of carbonyl (C=O) groups excluding carboxylic acids is 2. The Balaban J connectivity index is 1.98. The van der Waals surface area contributed by atoms with Crippen molar-refractivity contribution in [3.05, 3.63) is 12.3 Å². The topological polar surface area (TPSA) is 40.6 Å². The maximum Gasteiger partial charge on any atom is 0.454 e. The van der Waals surface area contributed by atoms with Crippen molar-refractivity contribution >= 4 is 11.7 Å². The Morgan fingerprint density at radius 1 is 1.05 bits per heavy atom. The van der Waals surface area contributed by atoms with Gasteiger partial charge in [0.25, 0.3) is 5.78 Å². The molecular weight excluding hydrogens is 273 g/mol. The molecule has 0 N–H and O–H groups in total. The van der Waals surface area contributed by atoms with Crippen LogP contribution in [0.4, 0.5) is 13.2 Å². The Morgan fingerprint density at radius 3 is 2.30 bits per heavy atom. The Kier molecular flexibility index (Phi) is 4.35. The van der Waals surface area contributed by atoms with Gasteiger partial charge >= 0.3 is 6.18 Å². The van der Waals surface area contributed by atoms with E-state index in [1.807, 2.05) is 0 Å². The lowest BCUT2D eigenvalue weighted by Gasteiger charge is -2.26. The van der Waals surface area contributed by atoms with Gasteiger partial charge in [0.1, 0.15) is 6.04 Å². The number of carbonyl (C=O) groups is 2. The summed E-state index contributed by atoms with van der Waals surface area (Å²) in [5, 5.41) is 0. The second kappa shape index (κ2) is 5.85. The maximum absolute atomic E-state index is 12.2. The van der Waals surface area contributed by atoms with Crippen LogP contribution in [0, 0.1) is 0 Å². The van der Waals surface area contributed by atoms with Crippen LogP contribution in [-0.2, 0) is 9.59 Å². The van der Waals surface area contributed by atoms with Crippen LogP contribution in [0.1, 0.15) is 25.7 Å². The number of hydrogen-bond acceptors (Lipinski definition) is 3. The van der Waals surface area contributed by atoms with E-state index in [1.54, 1.807) is 9.80 Å². The molecule has 0 aromatic carbocycles. The first kappa shape index (κ1) is 14.9. The first-order valence-corrected chi connectivity index (χ1v) is 6.73. The Bertz CT molecular complexity index is 414. The average Bonchev–Trinajstić information content (AvgIpc) is 3.04. The lowest BCUT2D eigenvalue weighted by atomic mass is 10.2. The molecule has 2 aliphatic heterocycles. The third kappa shape index (κ3) is 3.32. The monoisotopic (exact) mass is 290 g/mol. The molecule has 0 aromatic rings. The van der Waals surface area contributed by atoms with E-state index in [2.05, 4.69) is 0 Å². The zero-order chi connectivity index (χ0) is 14.8. The fourth-order valence-electron chi connectivity index (χ4n) is 2.64. The lowest BCUT2D eigenvalue weighted by molar-refractivity contribution is -0.165. The summed E-state index contributed by atoms with van der Waals surface area (Å²) < 4.78 is 36.4. The van der Waals surface area contributed by atoms with Gasteiger partial charge < -0.3 is 9.80 Å². The molecule has 20 heavy (non-hydrogen) atoms. The van der Waals surface area contributed by atoms with E-state index in [4.69, 9.17) is 0 Å². The van der Waals surface area contributed by atoms with Gasteiger partial charge in [-0.15, -0.1) is 0 Å². The van der Waals surface area contributed by atoms with Gasteiger partial charge in [-0.3, -0.25) is 9.59 Å². The molecule has 7 heteroatoms. The Labute approximate surface area is 115 Å². The number of hydrogen-bond donors (Lipinski definition) is 0. The summed E-state index contributed by atoms with van der Waals surface area (Å²) in [7, 11) is 0. The Morgan fingerprint density at radius 2 is 1.70 bits per heavy atom. The highest BCUT2D eigenvalue weighted by molar-refractivity contribution is 5.94. The van der Waals surface area contributed by atoms with Crippen molar-refractivity contribution in [1.82, 2.24) is 9.80 Å². The number of likely N-dealkylation sites (tertiary alicyclic amines) is 2. The van der Waals surface area contributed by atoms with E-state index < -0.39 is 18.0 Å². The van der Waals surface area contributed by atoms with Crippen molar-refractivity contribution in [3.8, 4) is 0 Å². The van der Waals surface area contributed by atoms with E-state index in [0.29, 0.717) is 32.1 Å². The quantitative estimate of drug-likeness (QED) is 0.743. The number of ketones is 1. The van der Waals surface area contributed by atoms with Crippen molar-refractivity contribution in [3.63, 3.8) is 0 Å². The Hall–Kier alpha value is -1.53. The van der Waals surface area contributed by atoms with Gasteiger partial charge in [-0.1, -0.05) is 0 Å². The predicted molar refractivity (Wildman–Crippen MR) is 65.7 cm³/mol. The molecule has 0 saturated carbocycles. The number of amides is 1. The van der Waals surface area contributed by atoms with Gasteiger partial charge in [-0.2, -0.15) is 13.2 Å². The van der Waals surface area contributed by atoms with Gasteiger partial charge in [0.05, 0.1) is 0 Å². The van der Waals surface area contributed by atoms with Crippen LogP contribution in [-0.4, -0.2) is 53.3 Å². The fourth-order valence-corrected chi connectivity index (χ4v) is 2.64. The molecule has 0 bridgehead atoms. The molecule has 0 spiro atoms. The maximum atomic E-state index is 12.2. The summed E-state index contributed by atoms with van der Waals surface area (Å²) in [6.07, 6.45) is 0.0815. The van der Waals surface area contributed by atoms with E-state index in [9.17, 15) is 22.8 Å². The van der Waals surface area contributed by atoms with Crippen LogP contribution >= 0.6 is 0 Å². The minimum atomic E-state index is -4.86. The van der Waals surface area contributed by atoms with Crippen molar-refractivity contribution in [2.45, 2.75) is 37.9 Å². The molecule has 2 heterocycles. The van der Waals surface area contributed by atoms with Crippen molar-refractivity contribution in [2.75, 3.05) is 19.6 Å². The van der Waals surface area contributed by atoms with Crippen molar-refractivity contribution < 1.29 is 22.8 Å². The first-order valence-electron chi connectivity index (χ1n) is 6.73. The number of alkyl halides is 3. The number of halogens is 3. The number of rotatable bonds is 3. The molecule has 2 fully saturated rings. The van der Waals surface area contributed by atoms with Crippen LogP contribution in [0.2, 0.25) is 0 Å². The summed E-state index contributed by atoms with van der Waals surface area (Å²) in [5.41, 5.74) is 0. The smallest absolute Gasteiger partial charge is 0.365 e. The zero-order valence-electron chi connectivity index (χ0n) is 11.0. The van der Waals surface area contributed by atoms with Crippen molar-refractivity contribution in [2.24, 2.45) is 0 Å². The summed E-state index contributed by atoms with van der Waals surface area (Å²) in [4.78, 5) is 26.4. The van der Waals surface area contributed by atoms with Gasteiger partial charge in [0.15, 0.2) is 0 Å². The molecule has 2 aliphatic rings. The highest BCUT2D eigenvalue weighted by atomic mass is 19.4. The molecule has 4 nitrogen and oxygen atoms in total. The van der Waals surface area contributed by atoms with Gasteiger partial charge in [-0.25, -0.2) is 0 Å². The van der Waals surface area contributed by atoms with Crippen LogP contribution in [0.15, 0.2) is 12.3 Å². The second-order valence-electron chi connectivity index (χ2n) is 5.11. The second-order valence-corrected chi connectivity index (χ2v) is 5.11. The van der Waals surface area contributed by atoms with Crippen LogP contribution < -0.4 is 0 Å². The predicted octanol–water partition coefficient (Wildman–Crippen LogP) is 1.72. The van der Waals surface area contributed by atoms with Crippen LogP contribution in [0.3, 0.4) is 0 Å². The molecule has 2 saturated heterocycles. The zero-order valence-corrected chi connectivity index (χ0v) is 11.0. The van der Waals surface area contributed by atoms with Gasteiger partial charge in [0.2, 0.25) is 5.91 Å². The third-order valence-corrected chi connectivity index (χ3v) is 3.69. The molecule has 0 unspecified atom stereocenters. The number of nitrogens with zero attached hydrogens (tertiary/aromatic N) is 2. The summed E-state index contributed by atoms with van der Waals surface area (Å²) >= 11 is 0. The molecule has 0 radical (unpaired) electrons. The van der Waals surface area contributed by atoms with Crippen LogP contribution in [0.5, 0.6) is 0 Å². The molecule has 0 aliphatic carbocycles. The molecule has 1 amide bonds. The molecule has 2 rings (SSSR count). The van der Waals surface area contributed by atoms with Gasteiger partial charge in [0, 0.05) is 31.9 Å². The molecule has 1 atom stereocenters. The SMILES string of the molecule is O=C([C@H]1CCCN1/C=C/C(=O)C(F)(F)F)N1CCCC1. The standard InChI is InChI=1S/C13H17F3N2O2/c14-13(15,16)11(19)5-9-17-8-3-4-10(17)12(20)18-6-1-2-7-18/h5,9-10H,1-4,6-8H2/b9-5+/t10-/m1/s1. The summed E-state index contributed by atoms with van der Waals surface area (Å²) in [6, 6.07) is -0.426. The highest BCUT2D eigenvalue weighted by Crippen LogP contribution is 2.23. The normalized spacial score (nSPS) is 23.9. The average molecular weight is 290 g/mol.